The van der Waals surface area contributed by atoms with Gasteiger partial charge in [-0.1, -0.05) is 44.0 Å². The lowest BCUT2D eigenvalue weighted by molar-refractivity contribution is 0.188. The molecule has 1 aliphatic rings. The van der Waals surface area contributed by atoms with Gasteiger partial charge in [-0.3, -0.25) is 0 Å². The minimum Gasteiger partial charge on any atom is -0.378 e. The predicted octanol–water partition coefficient (Wildman–Crippen LogP) is 4.94. The van der Waals surface area contributed by atoms with E-state index in [-0.39, 0.29) is 12.1 Å². The van der Waals surface area contributed by atoms with Gasteiger partial charge in [0.1, 0.15) is 0 Å². The maximum absolute atomic E-state index is 13.1. The Labute approximate surface area is 163 Å². The van der Waals surface area contributed by atoms with Gasteiger partial charge in [-0.25, -0.2) is 4.79 Å². The van der Waals surface area contributed by atoms with Crippen molar-refractivity contribution < 1.29 is 4.79 Å². The summed E-state index contributed by atoms with van der Waals surface area (Å²) < 4.78 is 0. The van der Waals surface area contributed by atoms with Crippen LogP contribution in [-0.2, 0) is 12.8 Å². The zero-order valence-corrected chi connectivity index (χ0v) is 16.7. The summed E-state index contributed by atoms with van der Waals surface area (Å²) >= 11 is 0. The highest BCUT2D eigenvalue weighted by Crippen LogP contribution is 2.26. The molecule has 144 valence electrons. The average molecular weight is 366 g/mol. The molecule has 27 heavy (non-hydrogen) atoms. The lowest BCUT2D eigenvalue weighted by Crippen LogP contribution is -2.44. The second kappa shape index (κ2) is 8.94. The summed E-state index contributed by atoms with van der Waals surface area (Å²) in [5.41, 5.74) is 4.73. The molecule has 4 nitrogen and oxygen atoms in total. The van der Waals surface area contributed by atoms with Crippen LogP contribution < -0.4 is 10.2 Å². The van der Waals surface area contributed by atoms with Crippen molar-refractivity contribution in [3.8, 4) is 0 Å². The van der Waals surface area contributed by atoms with E-state index in [2.05, 4.69) is 46.3 Å². The molecule has 1 N–H and O–H groups in total. The number of hydrogen-bond donors (Lipinski definition) is 1. The Hall–Kier alpha value is -2.49. The molecule has 0 aliphatic heterocycles. The number of unbranched alkanes of at least 4 members (excludes halogenated alkanes) is 2. The van der Waals surface area contributed by atoms with Crippen molar-refractivity contribution in [2.75, 3.05) is 30.9 Å². The number of benzene rings is 2. The number of amides is 2. The van der Waals surface area contributed by atoms with Crippen LogP contribution in [0.5, 0.6) is 0 Å². The molecule has 0 aromatic heterocycles. The number of carbonyl (C=O) groups excluding carboxylic acids is 1. The van der Waals surface area contributed by atoms with Crippen molar-refractivity contribution in [2.45, 2.75) is 45.1 Å². The lowest BCUT2D eigenvalue weighted by Gasteiger charge is -2.29. The number of carbonyl (C=O) groups is 1. The van der Waals surface area contributed by atoms with Gasteiger partial charge in [0.05, 0.1) is 0 Å². The first kappa shape index (κ1) is 19.3. The van der Waals surface area contributed by atoms with Crippen LogP contribution in [0.4, 0.5) is 16.2 Å². The van der Waals surface area contributed by atoms with E-state index in [0.717, 1.165) is 50.0 Å². The van der Waals surface area contributed by atoms with Crippen molar-refractivity contribution in [3.63, 3.8) is 0 Å². The monoisotopic (exact) mass is 365 g/mol. The number of anilines is 2. The lowest BCUT2D eigenvalue weighted by atomic mass is 10.1. The quantitative estimate of drug-likeness (QED) is 0.705. The van der Waals surface area contributed by atoms with Crippen molar-refractivity contribution >= 4 is 17.4 Å². The average Bonchev–Trinajstić information content (AvgIpc) is 3.09. The second-order valence-electron chi connectivity index (χ2n) is 7.60. The molecule has 1 aliphatic carbocycles. The van der Waals surface area contributed by atoms with Crippen molar-refractivity contribution in [3.05, 3.63) is 59.7 Å². The summed E-state index contributed by atoms with van der Waals surface area (Å²) in [6.07, 6.45) is 5.27. The normalized spacial score (nSPS) is 13.3. The fraction of sp³-hybridized carbons (Fsp3) is 0.435. The van der Waals surface area contributed by atoms with Crippen molar-refractivity contribution in [1.29, 1.82) is 0 Å². The van der Waals surface area contributed by atoms with E-state index >= 15 is 0 Å². The Balaban J connectivity index is 1.69. The van der Waals surface area contributed by atoms with Gasteiger partial charge < -0.3 is 15.1 Å². The highest BCUT2D eigenvalue weighted by molar-refractivity contribution is 5.89. The molecule has 0 radical (unpaired) electrons. The number of fused-ring (bicyclic) bond motifs is 1. The summed E-state index contributed by atoms with van der Waals surface area (Å²) in [4.78, 5) is 17.2. The maximum Gasteiger partial charge on any atom is 0.322 e. The molecule has 2 aromatic carbocycles. The first-order valence-electron chi connectivity index (χ1n) is 10.00. The molecule has 3 rings (SSSR count). The minimum atomic E-state index is 0.0153. The zero-order valence-electron chi connectivity index (χ0n) is 16.7. The van der Waals surface area contributed by atoms with Crippen LogP contribution in [0.15, 0.2) is 48.5 Å². The third-order valence-corrected chi connectivity index (χ3v) is 5.37. The molecule has 0 saturated carbocycles. The summed E-state index contributed by atoms with van der Waals surface area (Å²) in [5.74, 6) is 0. The molecule has 2 aromatic rings. The molecule has 0 atom stereocenters. The molecule has 2 amide bonds. The molecular weight excluding hydrogens is 334 g/mol. The van der Waals surface area contributed by atoms with Crippen LogP contribution >= 0.6 is 0 Å². The Kier molecular flexibility index (Phi) is 6.38. The van der Waals surface area contributed by atoms with Crippen LogP contribution in [0.3, 0.4) is 0 Å². The number of nitrogens with one attached hydrogen (secondary N) is 1. The highest BCUT2D eigenvalue weighted by atomic mass is 16.2. The molecule has 0 saturated heterocycles. The molecule has 4 heteroatoms. The molecule has 0 heterocycles. The Morgan fingerprint density at radius 2 is 1.63 bits per heavy atom. The van der Waals surface area contributed by atoms with Gasteiger partial charge in [-0.05, 0) is 54.7 Å². The number of urea groups is 1. The Morgan fingerprint density at radius 3 is 2.19 bits per heavy atom. The third-order valence-electron chi connectivity index (χ3n) is 5.37. The SMILES string of the molecule is CCCCCN(C(=O)Nc1ccc(N(C)C)cc1)C1Cc2ccccc2C1. The summed E-state index contributed by atoms with van der Waals surface area (Å²) in [5, 5.41) is 3.11. The van der Waals surface area contributed by atoms with Gasteiger partial charge in [0.25, 0.3) is 0 Å². The highest BCUT2D eigenvalue weighted by Gasteiger charge is 2.29. The van der Waals surface area contributed by atoms with Crippen LogP contribution in [-0.4, -0.2) is 37.6 Å². The third kappa shape index (κ3) is 4.82. The van der Waals surface area contributed by atoms with Crippen LogP contribution in [0, 0.1) is 0 Å². The maximum atomic E-state index is 13.1. The predicted molar refractivity (Wildman–Crippen MR) is 114 cm³/mol. The second-order valence-corrected chi connectivity index (χ2v) is 7.60. The van der Waals surface area contributed by atoms with Crippen LogP contribution in [0.1, 0.15) is 37.3 Å². The Morgan fingerprint density at radius 1 is 1.00 bits per heavy atom. The smallest absolute Gasteiger partial charge is 0.322 e. The van der Waals surface area contributed by atoms with Gasteiger partial charge in [0.15, 0.2) is 0 Å². The number of nitrogens with zero attached hydrogens (tertiary/aromatic N) is 2. The number of hydrogen-bond acceptors (Lipinski definition) is 2. The first-order chi connectivity index (χ1) is 13.1. The number of rotatable bonds is 7. The van der Waals surface area contributed by atoms with Gasteiger partial charge in [-0.15, -0.1) is 0 Å². The molecular formula is C23H31N3O. The van der Waals surface area contributed by atoms with Gasteiger partial charge in [-0.2, -0.15) is 0 Å². The fourth-order valence-corrected chi connectivity index (χ4v) is 3.78. The zero-order chi connectivity index (χ0) is 19.2. The Bertz CT molecular complexity index is 729. The topological polar surface area (TPSA) is 35.6 Å². The fourth-order valence-electron chi connectivity index (χ4n) is 3.78. The molecule has 0 bridgehead atoms. The standard InChI is InChI=1S/C23H31N3O/c1-4-5-8-15-26(22-16-18-9-6-7-10-19(18)17-22)23(27)24-20-11-13-21(14-12-20)25(2)3/h6-7,9-14,22H,4-5,8,15-17H2,1-3H3,(H,24,27). The van der Waals surface area contributed by atoms with Crippen molar-refractivity contribution in [2.24, 2.45) is 0 Å². The molecule has 0 spiro atoms. The van der Waals surface area contributed by atoms with E-state index < -0.39 is 0 Å². The summed E-state index contributed by atoms with van der Waals surface area (Å²) in [7, 11) is 4.03. The largest absolute Gasteiger partial charge is 0.378 e. The van der Waals surface area contributed by atoms with E-state index in [0.29, 0.717) is 0 Å². The van der Waals surface area contributed by atoms with Gasteiger partial charge in [0, 0.05) is 38.1 Å². The van der Waals surface area contributed by atoms with Gasteiger partial charge in [0.2, 0.25) is 0 Å². The summed E-state index contributed by atoms with van der Waals surface area (Å²) in [6, 6.07) is 16.8. The first-order valence-corrected chi connectivity index (χ1v) is 10.00. The van der Waals surface area contributed by atoms with Gasteiger partial charge >= 0.3 is 6.03 Å². The van der Waals surface area contributed by atoms with E-state index in [1.54, 1.807) is 0 Å². The molecule has 0 fully saturated rings. The van der Waals surface area contributed by atoms with E-state index in [9.17, 15) is 4.79 Å². The minimum absolute atomic E-state index is 0.0153. The van der Waals surface area contributed by atoms with Crippen LogP contribution in [0.2, 0.25) is 0 Å². The van der Waals surface area contributed by atoms with E-state index in [1.807, 2.05) is 38.4 Å². The van der Waals surface area contributed by atoms with Crippen molar-refractivity contribution in [1.82, 2.24) is 4.90 Å². The molecule has 0 unspecified atom stereocenters. The summed E-state index contributed by atoms with van der Waals surface area (Å²) in [6.45, 7) is 3.01. The van der Waals surface area contributed by atoms with E-state index in [1.165, 1.54) is 11.1 Å². The van der Waals surface area contributed by atoms with E-state index in [4.69, 9.17) is 0 Å². The van der Waals surface area contributed by atoms with Crippen LogP contribution in [0.25, 0.3) is 0 Å².